The zero-order valence-corrected chi connectivity index (χ0v) is 12.6. The lowest BCUT2D eigenvalue weighted by atomic mass is 10.00. The van der Waals surface area contributed by atoms with E-state index in [2.05, 4.69) is 10.2 Å². The molecule has 1 heterocycles. The third-order valence-electron chi connectivity index (χ3n) is 4.03. The summed E-state index contributed by atoms with van der Waals surface area (Å²) >= 11 is 0. The van der Waals surface area contributed by atoms with Crippen molar-refractivity contribution in [3.63, 3.8) is 0 Å². The molecule has 0 aromatic heterocycles. The number of aliphatic hydroxyl groups is 1. The molecule has 1 saturated heterocycles. The lowest BCUT2D eigenvalue weighted by Gasteiger charge is -2.37. The van der Waals surface area contributed by atoms with E-state index in [-0.39, 0.29) is 18.5 Å². The molecule has 0 radical (unpaired) electrons. The van der Waals surface area contributed by atoms with Crippen LogP contribution in [0.4, 0.5) is 10.1 Å². The molecular weight excluding hydrogens is 271 g/mol. The molecule has 1 aromatic rings. The van der Waals surface area contributed by atoms with Gasteiger partial charge in [0.15, 0.2) is 0 Å². The first kappa shape index (κ1) is 16.2. The predicted molar refractivity (Wildman–Crippen MR) is 82.1 cm³/mol. The normalized spacial score (nSPS) is 19.0. The van der Waals surface area contributed by atoms with Gasteiger partial charge in [-0.15, -0.1) is 0 Å². The minimum atomic E-state index is -0.195. The molecule has 0 saturated carbocycles. The Morgan fingerprint density at radius 1 is 1.43 bits per heavy atom. The van der Waals surface area contributed by atoms with Gasteiger partial charge < -0.3 is 20.1 Å². The number of hydrogen-bond donors (Lipinski definition) is 2. The molecule has 21 heavy (non-hydrogen) atoms. The van der Waals surface area contributed by atoms with Gasteiger partial charge in [0.05, 0.1) is 19.3 Å². The fourth-order valence-electron chi connectivity index (χ4n) is 2.89. The number of aliphatic hydroxyl groups excluding tert-OH is 1. The van der Waals surface area contributed by atoms with Crippen LogP contribution in [0.2, 0.25) is 0 Å². The van der Waals surface area contributed by atoms with Gasteiger partial charge in [0.1, 0.15) is 5.82 Å². The Bertz CT molecular complexity index is 442. The smallest absolute Gasteiger partial charge is 0.129 e. The van der Waals surface area contributed by atoms with Gasteiger partial charge in [-0.2, -0.15) is 0 Å². The van der Waals surface area contributed by atoms with Gasteiger partial charge in [0, 0.05) is 38.0 Å². The molecule has 0 bridgehead atoms. The quantitative estimate of drug-likeness (QED) is 0.755. The van der Waals surface area contributed by atoms with E-state index in [0.29, 0.717) is 25.3 Å². The van der Waals surface area contributed by atoms with Crippen LogP contribution in [0.1, 0.15) is 24.8 Å². The topological polar surface area (TPSA) is 44.7 Å². The van der Waals surface area contributed by atoms with Gasteiger partial charge in [0.25, 0.3) is 0 Å². The first-order valence-corrected chi connectivity index (χ1v) is 7.62. The summed E-state index contributed by atoms with van der Waals surface area (Å²) in [7, 11) is 1.65. The molecule has 1 unspecified atom stereocenters. The van der Waals surface area contributed by atoms with Crippen molar-refractivity contribution in [3.05, 3.63) is 29.6 Å². The van der Waals surface area contributed by atoms with Crippen LogP contribution in [-0.2, 0) is 11.3 Å². The number of nitrogens with one attached hydrogen (secondary N) is 1. The lowest BCUT2D eigenvalue weighted by molar-refractivity contribution is 0.199. The van der Waals surface area contributed by atoms with E-state index in [4.69, 9.17) is 4.74 Å². The predicted octanol–water partition coefficient (Wildman–Crippen LogP) is 1.91. The maximum atomic E-state index is 14.2. The Balaban J connectivity index is 2.15. The summed E-state index contributed by atoms with van der Waals surface area (Å²) in [5.41, 5.74) is 1.58. The van der Waals surface area contributed by atoms with Gasteiger partial charge in [0.2, 0.25) is 0 Å². The van der Waals surface area contributed by atoms with E-state index >= 15 is 0 Å². The second kappa shape index (κ2) is 8.32. The fourth-order valence-corrected chi connectivity index (χ4v) is 2.89. The zero-order valence-electron chi connectivity index (χ0n) is 12.6. The van der Waals surface area contributed by atoms with Crippen LogP contribution in [0.15, 0.2) is 18.2 Å². The van der Waals surface area contributed by atoms with Crippen molar-refractivity contribution >= 4 is 5.69 Å². The van der Waals surface area contributed by atoms with Crippen LogP contribution in [0.5, 0.6) is 0 Å². The molecule has 2 N–H and O–H groups in total. The van der Waals surface area contributed by atoms with E-state index in [0.717, 1.165) is 31.5 Å². The highest BCUT2D eigenvalue weighted by atomic mass is 19.1. The number of rotatable bonds is 7. The number of piperidine rings is 1. The average Bonchev–Trinajstić information content (AvgIpc) is 2.52. The monoisotopic (exact) mass is 296 g/mol. The highest BCUT2D eigenvalue weighted by Gasteiger charge is 2.24. The second-order valence-electron chi connectivity index (χ2n) is 5.43. The van der Waals surface area contributed by atoms with Gasteiger partial charge in [-0.05, 0) is 31.4 Å². The van der Waals surface area contributed by atoms with E-state index in [1.807, 2.05) is 6.07 Å². The minimum Gasteiger partial charge on any atom is -0.394 e. The standard InChI is InChI=1S/C16H25FN2O2/c1-21-10-8-18-11-14-15(17)6-4-7-16(14)19-9-3-2-5-13(19)12-20/h4,6-7,13,18,20H,2-3,5,8-12H2,1H3. The Kier molecular flexibility index (Phi) is 6.42. The number of halogens is 1. The van der Waals surface area contributed by atoms with Crippen molar-refractivity contribution < 1.29 is 14.2 Å². The van der Waals surface area contributed by atoms with Gasteiger partial charge in [-0.25, -0.2) is 4.39 Å². The first-order chi connectivity index (χ1) is 10.3. The van der Waals surface area contributed by atoms with Crippen molar-refractivity contribution in [2.45, 2.75) is 31.8 Å². The SMILES string of the molecule is COCCNCc1c(F)cccc1N1CCCCC1CO. The molecule has 1 aromatic carbocycles. The van der Waals surface area contributed by atoms with Gasteiger partial charge in [-0.3, -0.25) is 0 Å². The van der Waals surface area contributed by atoms with Crippen molar-refractivity contribution in [1.29, 1.82) is 0 Å². The maximum Gasteiger partial charge on any atom is 0.129 e. The molecule has 118 valence electrons. The number of nitrogens with zero attached hydrogens (tertiary/aromatic N) is 1. The van der Waals surface area contributed by atoms with Crippen LogP contribution >= 0.6 is 0 Å². The first-order valence-electron chi connectivity index (χ1n) is 7.62. The highest BCUT2D eigenvalue weighted by Crippen LogP contribution is 2.29. The summed E-state index contributed by atoms with van der Waals surface area (Å²) in [6.07, 6.45) is 3.17. The highest BCUT2D eigenvalue weighted by molar-refractivity contribution is 5.55. The molecule has 0 aliphatic carbocycles. The molecule has 1 fully saturated rings. The largest absolute Gasteiger partial charge is 0.394 e. The Labute approximate surface area is 125 Å². The average molecular weight is 296 g/mol. The van der Waals surface area contributed by atoms with Crippen molar-refractivity contribution in [1.82, 2.24) is 5.32 Å². The number of hydrogen-bond acceptors (Lipinski definition) is 4. The maximum absolute atomic E-state index is 14.2. The van der Waals surface area contributed by atoms with Gasteiger partial charge in [-0.1, -0.05) is 6.07 Å². The number of methoxy groups -OCH3 is 1. The van der Waals surface area contributed by atoms with E-state index in [1.165, 1.54) is 6.07 Å². The van der Waals surface area contributed by atoms with Crippen LogP contribution in [-0.4, -0.2) is 44.6 Å². The molecule has 1 aliphatic rings. The minimum absolute atomic E-state index is 0.0956. The van der Waals surface area contributed by atoms with Crippen molar-refractivity contribution in [3.8, 4) is 0 Å². The molecule has 1 aliphatic heterocycles. The molecule has 0 amide bonds. The summed E-state index contributed by atoms with van der Waals surface area (Å²) < 4.78 is 19.2. The van der Waals surface area contributed by atoms with Crippen LogP contribution < -0.4 is 10.2 Å². The summed E-state index contributed by atoms with van der Waals surface area (Å²) in [4.78, 5) is 2.15. The fraction of sp³-hybridized carbons (Fsp3) is 0.625. The Morgan fingerprint density at radius 2 is 2.29 bits per heavy atom. The zero-order chi connectivity index (χ0) is 15.1. The van der Waals surface area contributed by atoms with E-state index in [9.17, 15) is 9.50 Å². The molecular formula is C16H25FN2O2. The number of anilines is 1. The number of benzene rings is 1. The third-order valence-corrected chi connectivity index (χ3v) is 4.03. The van der Waals surface area contributed by atoms with E-state index < -0.39 is 0 Å². The van der Waals surface area contributed by atoms with Crippen molar-refractivity contribution in [2.24, 2.45) is 0 Å². The lowest BCUT2D eigenvalue weighted by Crippen LogP contribution is -2.42. The summed E-state index contributed by atoms with van der Waals surface area (Å²) in [6, 6.07) is 5.28. The van der Waals surface area contributed by atoms with Gasteiger partial charge >= 0.3 is 0 Å². The van der Waals surface area contributed by atoms with Crippen LogP contribution in [0.3, 0.4) is 0 Å². The summed E-state index contributed by atoms with van der Waals surface area (Å²) in [6.45, 7) is 2.76. The second-order valence-corrected chi connectivity index (χ2v) is 5.43. The summed E-state index contributed by atoms with van der Waals surface area (Å²) in [5.74, 6) is -0.195. The van der Waals surface area contributed by atoms with Crippen LogP contribution in [0.25, 0.3) is 0 Å². The van der Waals surface area contributed by atoms with Crippen LogP contribution in [0, 0.1) is 5.82 Å². The Hall–Kier alpha value is -1.17. The summed E-state index contributed by atoms with van der Waals surface area (Å²) in [5, 5.41) is 12.8. The van der Waals surface area contributed by atoms with Crippen molar-refractivity contribution in [2.75, 3.05) is 38.3 Å². The number of ether oxygens (including phenoxy) is 1. The molecule has 4 nitrogen and oxygen atoms in total. The molecule has 5 heteroatoms. The molecule has 2 rings (SSSR count). The molecule has 1 atom stereocenters. The molecule has 0 spiro atoms. The Morgan fingerprint density at radius 3 is 3.05 bits per heavy atom. The van der Waals surface area contributed by atoms with E-state index in [1.54, 1.807) is 13.2 Å². The third kappa shape index (κ3) is 4.15.